The Labute approximate surface area is 152 Å². The van der Waals surface area contributed by atoms with Crippen molar-refractivity contribution in [3.05, 3.63) is 58.6 Å². The molecule has 1 fully saturated rings. The fraction of sp³-hybridized carbons (Fsp3) is 0.444. The van der Waals surface area contributed by atoms with Gasteiger partial charge in [0.1, 0.15) is 11.2 Å². The van der Waals surface area contributed by atoms with Crippen molar-refractivity contribution in [1.82, 2.24) is 9.55 Å². The topological polar surface area (TPSA) is 90.4 Å². The van der Waals surface area contributed by atoms with Crippen molar-refractivity contribution in [2.45, 2.75) is 43.6 Å². The summed E-state index contributed by atoms with van der Waals surface area (Å²) >= 11 is 1.53. The number of anilines is 1. The third-order valence-corrected chi connectivity index (χ3v) is 5.24. The predicted octanol–water partition coefficient (Wildman–Crippen LogP) is 2.43. The minimum absolute atomic E-state index is 0.142. The molecule has 25 heavy (non-hydrogen) atoms. The zero-order valence-corrected chi connectivity index (χ0v) is 15.4. The second-order valence-electron chi connectivity index (χ2n) is 5.49. The summed E-state index contributed by atoms with van der Waals surface area (Å²) in [4.78, 5) is 15.6. The third kappa shape index (κ3) is 5.32. The van der Waals surface area contributed by atoms with E-state index in [1.165, 1.54) is 16.3 Å². The fourth-order valence-corrected chi connectivity index (χ4v) is 4.05. The lowest BCUT2D eigenvalue weighted by atomic mass is 10.2. The number of aromatic nitrogens is 2. The van der Waals surface area contributed by atoms with E-state index in [2.05, 4.69) is 4.98 Å². The minimum Gasteiger partial charge on any atom is -0.390 e. The Morgan fingerprint density at radius 1 is 1.32 bits per heavy atom. The molecule has 0 bridgehead atoms. The van der Waals surface area contributed by atoms with Gasteiger partial charge in [0.05, 0.1) is 19.3 Å². The molecule has 3 rings (SSSR count). The van der Waals surface area contributed by atoms with Crippen molar-refractivity contribution < 1.29 is 9.84 Å². The highest BCUT2D eigenvalue weighted by molar-refractivity contribution is 8.00. The molecule has 0 radical (unpaired) electrons. The molecule has 1 saturated heterocycles. The molecule has 1 aliphatic rings. The van der Waals surface area contributed by atoms with Gasteiger partial charge in [0, 0.05) is 11.4 Å². The number of benzene rings is 1. The van der Waals surface area contributed by atoms with Crippen LogP contribution in [0.1, 0.15) is 31.2 Å². The summed E-state index contributed by atoms with van der Waals surface area (Å²) in [5.74, 6) is 0.187. The van der Waals surface area contributed by atoms with Gasteiger partial charge in [-0.25, -0.2) is 4.79 Å². The molecule has 2 heterocycles. The van der Waals surface area contributed by atoms with Crippen molar-refractivity contribution >= 4 is 17.6 Å². The fourth-order valence-electron chi connectivity index (χ4n) is 2.59. The Hall–Kier alpha value is -1.83. The summed E-state index contributed by atoms with van der Waals surface area (Å²) in [5.41, 5.74) is 6.17. The van der Waals surface area contributed by atoms with E-state index in [0.717, 1.165) is 5.56 Å². The van der Waals surface area contributed by atoms with Crippen LogP contribution in [-0.4, -0.2) is 32.6 Å². The Morgan fingerprint density at radius 2 is 2.04 bits per heavy atom. The SMILES string of the molecule is CC.Nc1ccn(C2SC(COCc3ccccc3)CC2O)c(=O)n1. The van der Waals surface area contributed by atoms with E-state index >= 15 is 0 Å². The first-order valence-corrected chi connectivity index (χ1v) is 9.37. The summed E-state index contributed by atoms with van der Waals surface area (Å²) in [6.45, 7) is 5.08. The van der Waals surface area contributed by atoms with E-state index in [0.29, 0.717) is 19.6 Å². The number of ether oxygens (including phenoxy) is 1. The Balaban J connectivity index is 0.00000109. The van der Waals surface area contributed by atoms with Gasteiger partial charge in [0.25, 0.3) is 0 Å². The van der Waals surface area contributed by atoms with Crippen LogP contribution in [0.2, 0.25) is 0 Å². The smallest absolute Gasteiger partial charge is 0.350 e. The number of aliphatic hydroxyl groups is 1. The summed E-state index contributed by atoms with van der Waals surface area (Å²) in [6.07, 6.45) is 1.56. The predicted molar refractivity (Wildman–Crippen MR) is 101 cm³/mol. The molecular weight excluding hydrogens is 338 g/mol. The van der Waals surface area contributed by atoms with Gasteiger partial charge in [-0.05, 0) is 18.1 Å². The van der Waals surface area contributed by atoms with E-state index in [-0.39, 0.29) is 16.4 Å². The average molecular weight is 363 g/mol. The highest BCUT2D eigenvalue weighted by Crippen LogP contribution is 2.41. The van der Waals surface area contributed by atoms with Gasteiger partial charge in [0.15, 0.2) is 0 Å². The molecule has 0 amide bonds. The molecule has 2 aromatic rings. The molecule has 136 valence electrons. The number of aliphatic hydroxyl groups excluding tert-OH is 1. The maximum Gasteiger partial charge on any atom is 0.350 e. The second kappa shape index (κ2) is 9.60. The normalized spacial score (nSPS) is 22.3. The molecular formula is C18H25N3O3S. The molecule has 7 heteroatoms. The zero-order chi connectivity index (χ0) is 18.2. The molecule has 0 aliphatic carbocycles. The van der Waals surface area contributed by atoms with Crippen molar-refractivity contribution in [1.29, 1.82) is 0 Å². The van der Waals surface area contributed by atoms with Gasteiger partial charge in [0.2, 0.25) is 0 Å². The van der Waals surface area contributed by atoms with Crippen LogP contribution in [-0.2, 0) is 11.3 Å². The van der Waals surface area contributed by atoms with Gasteiger partial charge >= 0.3 is 5.69 Å². The maximum absolute atomic E-state index is 11.9. The standard InChI is InChI=1S/C16H19N3O3S.C2H6/c17-14-6-7-19(16(21)18-14)15-13(20)8-12(23-15)10-22-9-11-4-2-1-3-5-11;1-2/h1-7,12-13,15,20H,8-10H2,(H2,17,18,21);1-2H3. The number of thioether (sulfide) groups is 1. The average Bonchev–Trinajstić information content (AvgIpc) is 2.98. The van der Waals surface area contributed by atoms with E-state index in [9.17, 15) is 9.90 Å². The van der Waals surface area contributed by atoms with Crippen LogP contribution >= 0.6 is 11.8 Å². The largest absolute Gasteiger partial charge is 0.390 e. The summed E-state index contributed by atoms with van der Waals surface area (Å²) in [6, 6.07) is 11.5. The van der Waals surface area contributed by atoms with Crippen molar-refractivity contribution in [3.63, 3.8) is 0 Å². The van der Waals surface area contributed by atoms with E-state index in [1.807, 2.05) is 44.2 Å². The van der Waals surface area contributed by atoms with E-state index in [4.69, 9.17) is 10.5 Å². The van der Waals surface area contributed by atoms with Gasteiger partial charge < -0.3 is 15.6 Å². The Morgan fingerprint density at radius 3 is 2.72 bits per heavy atom. The number of nitrogens with zero attached hydrogens (tertiary/aromatic N) is 2. The van der Waals surface area contributed by atoms with Gasteiger partial charge in [-0.1, -0.05) is 44.2 Å². The summed E-state index contributed by atoms with van der Waals surface area (Å²) < 4.78 is 7.16. The monoisotopic (exact) mass is 363 g/mol. The first-order chi connectivity index (χ1) is 12.1. The highest BCUT2D eigenvalue weighted by Gasteiger charge is 2.35. The second-order valence-corrected chi connectivity index (χ2v) is 6.92. The lowest BCUT2D eigenvalue weighted by Crippen LogP contribution is -2.29. The molecule has 6 nitrogen and oxygen atoms in total. The van der Waals surface area contributed by atoms with Crippen LogP contribution in [0.5, 0.6) is 0 Å². The van der Waals surface area contributed by atoms with Crippen molar-refractivity contribution in [2.24, 2.45) is 0 Å². The van der Waals surface area contributed by atoms with Gasteiger partial charge in [-0.2, -0.15) is 4.98 Å². The van der Waals surface area contributed by atoms with Crippen LogP contribution in [0.15, 0.2) is 47.4 Å². The number of nitrogens with two attached hydrogens (primary N) is 1. The van der Waals surface area contributed by atoms with Crippen LogP contribution < -0.4 is 11.4 Å². The summed E-state index contributed by atoms with van der Waals surface area (Å²) in [5, 5.41) is 10.0. The Bertz CT molecular complexity index is 708. The van der Waals surface area contributed by atoms with Gasteiger partial charge in [-0.3, -0.25) is 4.57 Å². The molecule has 0 saturated carbocycles. The molecule has 3 unspecified atom stereocenters. The number of nitrogen functional groups attached to an aromatic ring is 1. The van der Waals surface area contributed by atoms with Crippen LogP contribution in [0.25, 0.3) is 0 Å². The quantitative estimate of drug-likeness (QED) is 0.848. The number of rotatable bonds is 5. The molecule has 1 aromatic carbocycles. The lowest BCUT2D eigenvalue weighted by Gasteiger charge is -2.16. The van der Waals surface area contributed by atoms with Crippen molar-refractivity contribution in [3.8, 4) is 0 Å². The first kappa shape index (κ1) is 19.5. The van der Waals surface area contributed by atoms with E-state index in [1.54, 1.807) is 12.3 Å². The molecule has 0 spiro atoms. The van der Waals surface area contributed by atoms with Crippen LogP contribution in [0, 0.1) is 0 Å². The van der Waals surface area contributed by atoms with Crippen LogP contribution in [0.3, 0.4) is 0 Å². The summed E-state index contributed by atoms with van der Waals surface area (Å²) in [7, 11) is 0. The maximum atomic E-state index is 11.9. The van der Waals surface area contributed by atoms with Gasteiger partial charge in [-0.15, -0.1) is 11.8 Å². The van der Waals surface area contributed by atoms with E-state index < -0.39 is 11.8 Å². The third-order valence-electron chi connectivity index (χ3n) is 3.71. The number of hydrogen-bond donors (Lipinski definition) is 2. The molecule has 1 aliphatic heterocycles. The van der Waals surface area contributed by atoms with Crippen molar-refractivity contribution in [2.75, 3.05) is 12.3 Å². The highest BCUT2D eigenvalue weighted by atomic mass is 32.2. The Kier molecular flexibility index (Phi) is 7.49. The van der Waals surface area contributed by atoms with Crippen LogP contribution in [0.4, 0.5) is 5.82 Å². The molecule has 3 atom stereocenters. The molecule has 3 N–H and O–H groups in total. The first-order valence-electron chi connectivity index (χ1n) is 8.43. The zero-order valence-electron chi connectivity index (χ0n) is 14.5. The number of hydrogen-bond acceptors (Lipinski definition) is 6. The minimum atomic E-state index is -0.603. The molecule has 1 aromatic heterocycles. The lowest BCUT2D eigenvalue weighted by molar-refractivity contribution is 0.103.